The van der Waals surface area contributed by atoms with Gasteiger partial charge in [-0.25, -0.2) is 28.2 Å². The van der Waals surface area contributed by atoms with Crippen molar-refractivity contribution in [1.82, 2.24) is 20.3 Å². The zero-order chi connectivity index (χ0) is 27.6. The van der Waals surface area contributed by atoms with Gasteiger partial charge in [0.05, 0.1) is 37.6 Å². The summed E-state index contributed by atoms with van der Waals surface area (Å²) in [4.78, 5) is 28.1. The van der Waals surface area contributed by atoms with Crippen LogP contribution in [-0.2, 0) is 19.3 Å². The quantitative estimate of drug-likeness (QED) is 0.370. The van der Waals surface area contributed by atoms with Crippen LogP contribution in [-0.4, -0.2) is 73.0 Å². The molecule has 3 heterocycles. The van der Waals surface area contributed by atoms with Crippen LogP contribution >= 0.6 is 11.3 Å². The Kier molecular flexibility index (Phi) is 7.85. The largest absolute Gasteiger partial charge is 0.394 e. The number of nitrogens with zero attached hydrogens (tertiary/aromatic N) is 4. The normalized spacial score (nSPS) is 19.7. The molecule has 39 heavy (non-hydrogen) atoms. The first-order chi connectivity index (χ1) is 18.7. The Hall–Kier alpha value is -3.13. The second-order valence-electron chi connectivity index (χ2n) is 9.96. The molecule has 1 aromatic carbocycles. The number of nitrogens with one attached hydrogen (secondary N) is 2. The maximum absolute atomic E-state index is 13.8. The van der Waals surface area contributed by atoms with Gasteiger partial charge in [-0.1, -0.05) is 0 Å². The van der Waals surface area contributed by atoms with Crippen molar-refractivity contribution in [2.45, 2.75) is 54.3 Å². The lowest BCUT2D eigenvalue weighted by atomic mass is 9.81. The first kappa shape index (κ1) is 27.4. The van der Waals surface area contributed by atoms with Crippen LogP contribution in [0.5, 0.6) is 0 Å². The number of thiazole rings is 1. The summed E-state index contributed by atoms with van der Waals surface area (Å²) in [5.74, 6) is 1.07. The molecule has 1 saturated heterocycles. The van der Waals surface area contributed by atoms with E-state index in [2.05, 4.69) is 27.4 Å². The van der Waals surface area contributed by atoms with Crippen molar-refractivity contribution in [2.24, 2.45) is 0 Å². The minimum atomic E-state index is -3.76. The molecule has 11 nitrogen and oxygen atoms in total. The lowest BCUT2D eigenvalue weighted by Gasteiger charge is -2.40. The molecule has 2 fully saturated rings. The number of carbonyl (C=O) groups excluding carboxylic acids is 1. The second-order valence-corrected chi connectivity index (χ2v) is 13.3. The Labute approximate surface area is 231 Å². The van der Waals surface area contributed by atoms with Crippen LogP contribution < -0.4 is 15.5 Å². The fraction of sp³-hybridized carbons (Fsp3) is 0.462. The molecule has 5 rings (SSSR count). The second kappa shape index (κ2) is 11.2. The van der Waals surface area contributed by atoms with Crippen LogP contribution in [0.1, 0.15) is 38.8 Å². The van der Waals surface area contributed by atoms with Crippen molar-refractivity contribution in [2.75, 3.05) is 36.6 Å². The molecule has 3 aromatic rings. The molecule has 0 unspecified atom stereocenters. The minimum absolute atomic E-state index is 0.0636. The highest BCUT2D eigenvalue weighted by Gasteiger charge is 2.53. The summed E-state index contributed by atoms with van der Waals surface area (Å²) in [5.41, 5.74) is 1.72. The summed E-state index contributed by atoms with van der Waals surface area (Å²) in [5, 5.41) is 16.2. The standard InChI is InChI=1S/C26H32N6O5S2/c1-17(15-33)28-24(34)29-20-6-4-19(5-7-20)23-30-21(14-22(31-23)32-11-12-37-16-18(32)2)26(8-3-9-26)39(35,36)25-27-10-13-38-25/h4-7,10,13-14,17-18,33H,3,8-9,11-12,15-16H2,1-2H3,(H2,28,29,34)/t17-,18+/m1/s1. The molecule has 2 aromatic heterocycles. The van der Waals surface area contributed by atoms with E-state index in [4.69, 9.17) is 19.8 Å². The van der Waals surface area contributed by atoms with Gasteiger partial charge in [0.15, 0.2) is 5.82 Å². The van der Waals surface area contributed by atoms with E-state index in [1.165, 1.54) is 6.20 Å². The molecule has 2 aliphatic rings. The summed E-state index contributed by atoms with van der Waals surface area (Å²) in [7, 11) is -3.76. The number of aliphatic hydroxyl groups excluding tert-OH is 1. The first-order valence-electron chi connectivity index (χ1n) is 12.9. The van der Waals surface area contributed by atoms with E-state index in [0.717, 1.165) is 17.8 Å². The van der Waals surface area contributed by atoms with Gasteiger partial charge in [-0.3, -0.25) is 0 Å². The number of ether oxygens (including phenoxy) is 1. The monoisotopic (exact) mass is 572 g/mol. The number of benzene rings is 1. The molecule has 1 aliphatic carbocycles. The smallest absolute Gasteiger partial charge is 0.319 e. The van der Waals surface area contributed by atoms with Crippen molar-refractivity contribution in [1.29, 1.82) is 0 Å². The third-order valence-corrected chi connectivity index (χ3v) is 10.9. The molecule has 3 N–H and O–H groups in total. The number of rotatable bonds is 8. The van der Waals surface area contributed by atoms with E-state index >= 15 is 0 Å². The third-order valence-electron chi connectivity index (χ3n) is 7.21. The van der Waals surface area contributed by atoms with Gasteiger partial charge < -0.3 is 25.4 Å². The Morgan fingerprint density at radius 3 is 2.67 bits per heavy atom. The van der Waals surface area contributed by atoms with Gasteiger partial charge in [0, 0.05) is 35.4 Å². The third kappa shape index (κ3) is 5.36. The Morgan fingerprint density at radius 1 is 1.28 bits per heavy atom. The van der Waals surface area contributed by atoms with E-state index in [1.807, 2.05) is 6.07 Å². The van der Waals surface area contributed by atoms with Crippen molar-refractivity contribution in [3.63, 3.8) is 0 Å². The van der Waals surface area contributed by atoms with Crippen molar-refractivity contribution >= 4 is 38.7 Å². The van der Waals surface area contributed by atoms with Gasteiger partial charge in [-0.15, -0.1) is 11.3 Å². The Bertz CT molecular complexity index is 1410. The number of aromatic nitrogens is 3. The van der Waals surface area contributed by atoms with Gasteiger partial charge in [0.25, 0.3) is 0 Å². The number of hydrogen-bond acceptors (Lipinski definition) is 10. The van der Waals surface area contributed by atoms with Crippen molar-refractivity contribution < 1.29 is 23.1 Å². The van der Waals surface area contributed by atoms with Gasteiger partial charge in [-0.05, 0) is 57.4 Å². The van der Waals surface area contributed by atoms with Crippen LogP contribution in [0.25, 0.3) is 11.4 Å². The summed E-state index contributed by atoms with van der Waals surface area (Å²) < 4.78 is 32.2. The minimum Gasteiger partial charge on any atom is -0.394 e. The molecule has 0 radical (unpaired) electrons. The zero-order valence-corrected chi connectivity index (χ0v) is 23.5. The number of sulfone groups is 1. The highest BCUT2D eigenvalue weighted by atomic mass is 32.2. The van der Waals surface area contributed by atoms with E-state index in [-0.39, 0.29) is 23.0 Å². The summed E-state index contributed by atoms with van der Waals surface area (Å²) in [6, 6.07) is 8.13. The van der Waals surface area contributed by atoms with Gasteiger partial charge >= 0.3 is 6.03 Å². The highest BCUT2D eigenvalue weighted by Crippen LogP contribution is 2.51. The van der Waals surface area contributed by atoms with E-state index in [0.29, 0.717) is 61.2 Å². The molecular formula is C26H32N6O5S2. The molecule has 2 atom stereocenters. The highest BCUT2D eigenvalue weighted by molar-refractivity contribution is 7.94. The van der Waals surface area contributed by atoms with Crippen molar-refractivity contribution in [3.05, 3.63) is 47.6 Å². The number of aliphatic hydroxyl groups is 1. The van der Waals surface area contributed by atoms with Crippen molar-refractivity contribution in [3.8, 4) is 11.4 Å². The van der Waals surface area contributed by atoms with Crippen LogP contribution in [0, 0.1) is 0 Å². The summed E-state index contributed by atoms with van der Waals surface area (Å²) in [6.45, 7) is 5.32. The van der Waals surface area contributed by atoms with E-state index < -0.39 is 20.6 Å². The number of hydrogen-bond donors (Lipinski definition) is 3. The van der Waals surface area contributed by atoms with Gasteiger partial charge in [-0.2, -0.15) is 0 Å². The SMILES string of the molecule is C[C@H](CO)NC(=O)Nc1ccc(-c2nc(N3CCOC[C@@H]3C)cc(C3(S(=O)(=O)c4nccs4)CCC3)n2)cc1. The topological polar surface area (TPSA) is 147 Å². The van der Waals surface area contributed by atoms with Crippen LogP contribution in [0.15, 0.2) is 46.2 Å². The molecule has 0 spiro atoms. The van der Waals surface area contributed by atoms with Crippen LogP contribution in [0.2, 0.25) is 0 Å². The zero-order valence-electron chi connectivity index (χ0n) is 21.8. The Balaban J connectivity index is 1.53. The Morgan fingerprint density at radius 2 is 2.05 bits per heavy atom. The summed E-state index contributed by atoms with van der Waals surface area (Å²) >= 11 is 1.12. The number of amides is 2. The molecule has 2 amide bonds. The lowest BCUT2D eigenvalue weighted by molar-refractivity contribution is 0.0985. The molecule has 1 aliphatic heterocycles. The predicted octanol–water partition coefficient (Wildman–Crippen LogP) is 3.18. The fourth-order valence-corrected chi connectivity index (χ4v) is 8.07. The fourth-order valence-electron chi connectivity index (χ4n) is 4.82. The molecule has 13 heteroatoms. The molecular weight excluding hydrogens is 540 g/mol. The average Bonchev–Trinajstić information content (AvgIpc) is 3.44. The maximum atomic E-state index is 13.8. The predicted molar refractivity (Wildman–Crippen MR) is 149 cm³/mol. The number of urea groups is 1. The average molecular weight is 573 g/mol. The summed E-state index contributed by atoms with van der Waals surface area (Å²) in [6.07, 6.45) is 3.22. The lowest BCUT2D eigenvalue weighted by Crippen LogP contribution is -2.46. The maximum Gasteiger partial charge on any atom is 0.319 e. The first-order valence-corrected chi connectivity index (χ1v) is 15.3. The number of anilines is 2. The number of morpholine rings is 1. The van der Waals surface area contributed by atoms with Gasteiger partial charge in [0.1, 0.15) is 10.6 Å². The van der Waals surface area contributed by atoms with E-state index in [1.54, 1.807) is 36.6 Å². The molecule has 0 bridgehead atoms. The van der Waals surface area contributed by atoms with E-state index in [9.17, 15) is 13.2 Å². The van der Waals surface area contributed by atoms with Gasteiger partial charge in [0.2, 0.25) is 14.2 Å². The molecule has 1 saturated carbocycles. The number of carbonyl (C=O) groups is 1. The molecule has 208 valence electrons. The van der Waals surface area contributed by atoms with Crippen LogP contribution in [0.3, 0.4) is 0 Å². The van der Waals surface area contributed by atoms with Crippen LogP contribution in [0.4, 0.5) is 16.3 Å².